The fourth-order valence-electron chi connectivity index (χ4n) is 0.928. The summed E-state index contributed by atoms with van der Waals surface area (Å²) in [7, 11) is 0. The molecule has 0 fully saturated rings. The van der Waals surface area contributed by atoms with Crippen molar-refractivity contribution in [3.05, 3.63) is 23.3 Å². The Labute approximate surface area is 79.7 Å². The zero-order chi connectivity index (χ0) is 8.55. The molecule has 62 valence electrons. The molecule has 0 N–H and O–H groups in total. The lowest BCUT2D eigenvalue weighted by Crippen LogP contribution is -1.69. The standard InChI is InChI=1S/C8H7NOS2/c1-5-2-3-6(10-5)8-9-7(11)4-12-8/h2-4,11H,1H3. The number of thiazole rings is 1. The van der Waals surface area contributed by atoms with E-state index in [1.807, 2.05) is 24.4 Å². The van der Waals surface area contributed by atoms with Gasteiger partial charge in [-0.25, -0.2) is 4.98 Å². The molecule has 0 atom stereocenters. The summed E-state index contributed by atoms with van der Waals surface area (Å²) < 4.78 is 5.40. The first-order chi connectivity index (χ1) is 5.75. The van der Waals surface area contributed by atoms with Crippen LogP contribution in [0.5, 0.6) is 0 Å². The van der Waals surface area contributed by atoms with E-state index in [9.17, 15) is 0 Å². The van der Waals surface area contributed by atoms with E-state index in [2.05, 4.69) is 17.6 Å². The Morgan fingerprint density at radius 2 is 2.33 bits per heavy atom. The summed E-state index contributed by atoms with van der Waals surface area (Å²) in [6.07, 6.45) is 0. The number of rotatable bonds is 1. The molecule has 12 heavy (non-hydrogen) atoms. The minimum atomic E-state index is 0.740. The molecule has 0 saturated carbocycles. The van der Waals surface area contributed by atoms with Gasteiger partial charge in [0.2, 0.25) is 0 Å². The number of aryl methyl sites for hydroxylation is 1. The van der Waals surface area contributed by atoms with Crippen LogP contribution in [-0.2, 0) is 0 Å². The van der Waals surface area contributed by atoms with Gasteiger partial charge in [-0.15, -0.1) is 24.0 Å². The lowest BCUT2D eigenvalue weighted by atomic mass is 10.4. The number of aromatic nitrogens is 1. The summed E-state index contributed by atoms with van der Waals surface area (Å²) in [5.74, 6) is 1.72. The minimum Gasteiger partial charge on any atom is -0.459 e. The van der Waals surface area contributed by atoms with Crippen molar-refractivity contribution in [3.8, 4) is 10.8 Å². The Morgan fingerprint density at radius 1 is 1.50 bits per heavy atom. The average molecular weight is 197 g/mol. The highest BCUT2D eigenvalue weighted by Crippen LogP contribution is 2.26. The third kappa shape index (κ3) is 1.40. The molecule has 0 amide bonds. The quantitative estimate of drug-likeness (QED) is 0.711. The maximum atomic E-state index is 5.40. The Bertz CT molecular complexity index is 353. The largest absolute Gasteiger partial charge is 0.459 e. The SMILES string of the molecule is Cc1ccc(-c2nc(S)cs2)o1. The first kappa shape index (κ1) is 7.89. The van der Waals surface area contributed by atoms with Crippen molar-refractivity contribution in [2.45, 2.75) is 11.9 Å². The predicted molar refractivity (Wildman–Crippen MR) is 51.8 cm³/mol. The number of thiol groups is 1. The van der Waals surface area contributed by atoms with Gasteiger partial charge in [0.05, 0.1) is 0 Å². The van der Waals surface area contributed by atoms with E-state index >= 15 is 0 Å². The summed E-state index contributed by atoms with van der Waals surface area (Å²) in [6, 6.07) is 3.84. The van der Waals surface area contributed by atoms with Crippen molar-refractivity contribution in [2.24, 2.45) is 0 Å². The highest BCUT2D eigenvalue weighted by molar-refractivity contribution is 7.80. The molecule has 0 aromatic carbocycles. The number of hydrogen-bond acceptors (Lipinski definition) is 4. The summed E-state index contributed by atoms with van der Waals surface area (Å²) in [5, 5.41) is 3.51. The van der Waals surface area contributed by atoms with Crippen molar-refractivity contribution in [1.29, 1.82) is 0 Å². The van der Waals surface area contributed by atoms with Crippen LogP contribution in [0.3, 0.4) is 0 Å². The second-order valence-electron chi connectivity index (χ2n) is 2.42. The van der Waals surface area contributed by atoms with Crippen LogP contribution in [0.4, 0.5) is 0 Å². The van der Waals surface area contributed by atoms with Crippen molar-refractivity contribution in [1.82, 2.24) is 4.98 Å². The summed E-state index contributed by atoms with van der Waals surface area (Å²) in [6.45, 7) is 1.92. The highest BCUT2D eigenvalue weighted by atomic mass is 32.1. The topological polar surface area (TPSA) is 26.0 Å². The van der Waals surface area contributed by atoms with Crippen LogP contribution in [0.2, 0.25) is 0 Å². The molecular formula is C8H7NOS2. The van der Waals surface area contributed by atoms with Crippen LogP contribution in [0.25, 0.3) is 10.8 Å². The summed E-state index contributed by atoms with van der Waals surface area (Å²) in [4.78, 5) is 4.18. The van der Waals surface area contributed by atoms with Gasteiger partial charge in [0.25, 0.3) is 0 Å². The van der Waals surface area contributed by atoms with Gasteiger partial charge < -0.3 is 4.42 Å². The molecule has 0 unspecified atom stereocenters. The molecule has 0 aliphatic carbocycles. The molecule has 0 aliphatic rings. The third-order valence-electron chi connectivity index (χ3n) is 1.44. The van der Waals surface area contributed by atoms with Gasteiger partial charge in [0, 0.05) is 5.38 Å². The van der Waals surface area contributed by atoms with Crippen molar-refractivity contribution >= 4 is 24.0 Å². The molecule has 4 heteroatoms. The van der Waals surface area contributed by atoms with E-state index < -0.39 is 0 Å². The number of nitrogens with zero attached hydrogens (tertiary/aromatic N) is 1. The zero-order valence-electron chi connectivity index (χ0n) is 6.44. The van der Waals surface area contributed by atoms with Gasteiger partial charge in [0.1, 0.15) is 10.8 Å². The van der Waals surface area contributed by atoms with Crippen LogP contribution in [-0.4, -0.2) is 4.98 Å². The lowest BCUT2D eigenvalue weighted by Gasteiger charge is -1.86. The normalized spacial score (nSPS) is 10.5. The van der Waals surface area contributed by atoms with Gasteiger partial charge >= 0.3 is 0 Å². The number of furan rings is 1. The number of hydrogen-bond donors (Lipinski definition) is 1. The molecule has 0 radical (unpaired) electrons. The first-order valence-corrected chi connectivity index (χ1v) is 4.80. The fraction of sp³-hybridized carbons (Fsp3) is 0.125. The molecular weight excluding hydrogens is 190 g/mol. The van der Waals surface area contributed by atoms with E-state index in [0.717, 1.165) is 21.6 Å². The second-order valence-corrected chi connectivity index (χ2v) is 3.74. The van der Waals surface area contributed by atoms with Crippen LogP contribution >= 0.6 is 24.0 Å². The van der Waals surface area contributed by atoms with Crippen LogP contribution in [0, 0.1) is 6.92 Å². The minimum absolute atomic E-state index is 0.740. The monoisotopic (exact) mass is 197 g/mol. The molecule has 0 bridgehead atoms. The Kier molecular flexibility index (Phi) is 1.94. The second kappa shape index (κ2) is 2.95. The van der Waals surface area contributed by atoms with Crippen LogP contribution < -0.4 is 0 Å². The summed E-state index contributed by atoms with van der Waals surface area (Å²) in [5.41, 5.74) is 0. The van der Waals surface area contributed by atoms with Gasteiger partial charge in [-0.2, -0.15) is 0 Å². The smallest absolute Gasteiger partial charge is 0.162 e. The zero-order valence-corrected chi connectivity index (χ0v) is 8.15. The molecule has 2 aromatic heterocycles. The molecule has 2 nitrogen and oxygen atoms in total. The van der Waals surface area contributed by atoms with Crippen molar-refractivity contribution in [3.63, 3.8) is 0 Å². The third-order valence-corrected chi connectivity index (χ3v) is 2.70. The Balaban J connectivity index is 2.43. The van der Waals surface area contributed by atoms with Crippen molar-refractivity contribution in [2.75, 3.05) is 0 Å². The lowest BCUT2D eigenvalue weighted by molar-refractivity contribution is 0.547. The van der Waals surface area contributed by atoms with E-state index in [4.69, 9.17) is 4.42 Å². The first-order valence-electron chi connectivity index (χ1n) is 3.47. The summed E-state index contributed by atoms with van der Waals surface area (Å²) >= 11 is 5.65. The molecule has 0 saturated heterocycles. The van der Waals surface area contributed by atoms with Gasteiger partial charge in [-0.05, 0) is 19.1 Å². The molecule has 2 heterocycles. The van der Waals surface area contributed by atoms with Gasteiger partial charge in [-0.3, -0.25) is 0 Å². The molecule has 2 rings (SSSR count). The Morgan fingerprint density at radius 3 is 2.83 bits per heavy atom. The van der Waals surface area contributed by atoms with E-state index in [-0.39, 0.29) is 0 Å². The highest BCUT2D eigenvalue weighted by Gasteiger charge is 2.05. The van der Waals surface area contributed by atoms with Gasteiger partial charge in [-0.1, -0.05) is 0 Å². The molecule has 0 aliphatic heterocycles. The fourth-order valence-corrected chi connectivity index (χ4v) is 1.90. The Hall–Kier alpha value is -0.740. The predicted octanol–water partition coefficient (Wildman–Crippen LogP) is 3.00. The van der Waals surface area contributed by atoms with Crippen molar-refractivity contribution < 1.29 is 4.42 Å². The van der Waals surface area contributed by atoms with Crippen LogP contribution in [0.15, 0.2) is 27.0 Å². The van der Waals surface area contributed by atoms with E-state index in [0.29, 0.717) is 0 Å². The maximum absolute atomic E-state index is 5.40. The average Bonchev–Trinajstić information content (AvgIpc) is 2.58. The van der Waals surface area contributed by atoms with E-state index in [1.165, 1.54) is 11.3 Å². The molecule has 0 spiro atoms. The maximum Gasteiger partial charge on any atom is 0.162 e. The van der Waals surface area contributed by atoms with E-state index in [1.54, 1.807) is 0 Å². The van der Waals surface area contributed by atoms with Gasteiger partial charge in [0.15, 0.2) is 10.8 Å². The van der Waals surface area contributed by atoms with Crippen LogP contribution in [0.1, 0.15) is 5.76 Å². The molecule has 2 aromatic rings.